The number of rotatable bonds is 6. The van der Waals surface area contributed by atoms with Crippen LogP contribution in [0.5, 0.6) is 0 Å². The van der Waals surface area contributed by atoms with Gasteiger partial charge in [0.2, 0.25) is 11.8 Å². The first-order chi connectivity index (χ1) is 12.3. The third kappa shape index (κ3) is 5.31. The van der Waals surface area contributed by atoms with Crippen molar-refractivity contribution >= 4 is 23.4 Å². The maximum absolute atomic E-state index is 12.9. The van der Waals surface area contributed by atoms with Crippen molar-refractivity contribution in [3.8, 4) is 0 Å². The highest BCUT2D eigenvalue weighted by Gasteiger charge is 2.34. The second-order valence-corrected chi connectivity index (χ2v) is 7.55. The predicted octanol–water partition coefficient (Wildman–Crippen LogP) is 2.80. The molecule has 0 radical (unpaired) electrons. The number of hydrogen-bond acceptors (Lipinski definition) is 3. The highest BCUT2D eigenvalue weighted by atomic mass is 16.2. The zero-order chi connectivity index (χ0) is 19.3. The molecule has 2 N–H and O–H groups in total. The van der Waals surface area contributed by atoms with Gasteiger partial charge in [-0.15, -0.1) is 0 Å². The average Bonchev–Trinajstić information content (AvgIpc) is 3.02. The van der Waals surface area contributed by atoms with Crippen LogP contribution in [0.15, 0.2) is 24.3 Å². The van der Waals surface area contributed by atoms with E-state index in [1.807, 2.05) is 27.7 Å². The summed E-state index contributed by atoms with van der Waals surface area (Å²) in [6.07, 6.45) is 1.92. The Hall–Kier alpha value is -2.37. The number of anilines is 1. The summed E-state index contributed by atoms with van der Waals surface area (Å²) < 4.78 is 0. The molecule has 1 aromatic carbocycles. The van der Waals surface area contributed by atoms with Crippen LogP contribution in [0.1, 0.15) is 57.3 Å². The van der Waals surface area contributed by atoms with Crippen molar-refractivity contribution in [2.75, 3.05) is 11.9 Å². The van der Waals surface area contributed by atoms with Crippen molar-refractivity contribution in [3.63, 3.8) is 0 Å². The number of amides is 3. The van der Waals surface area contributed by atoms with Crippen LogP contribution in [0.3, 0.4) is 0 Å². The van der Waals surface area contributed by atoms with Gasteiger partial charge in [-0.25, -0.2) is 0 Å². The van der Waals surface area contributed by atoms with Gasteiger partial charge in [0.25, 0.3) is 5.91 Å². The number of nitrogens with zero attached hydrogens (tertiary/aromatic N) is 1. The molecule has 1 heterocycles. The molecule has 1 aliphatic rings. The van der Waals surface area contributed by atoms with Crippen LogP contribution in [0.2, 0.25) is 0 Å². The van der Waals surface area contributed by atoms with E-state index in [-0.39, 0.29) is 29.7 Å². The summed E-state index contributed by atoms with van der Waals surface area (Å²) in [4.78, 5) is 38.8. The Morgan fingerprint density at radius 1 is 1.19 bits per heavy atom. The molecule has 1 unspecified atom stereocenters. The molecule has 0 bridgehead atoms. The summed E-state index contributed by atoms with van der Waals surface area (Å²) in [5, 5.41) is 5.72. The third-order valence-corrected chi connectivity index (χ3v) is 4.23. The van der Waals surface area contributed by atoms with E-state index in [2.05, 4.69) is 10.6 Å². The number of carbonyl (C=O) groups is 3. The van der Waals surface area contributed by atoms with Crippen LogP contribution in [-0.2, 0) is 9.59 Å². The molecule has 6 nitrogen and oxygen atoms in total. The van der Waals surface area contributed by atoms with E-state index in [0.717, 1.165) is 6.42 Å². The topological polar surface area (TPSA) is 78.5 Å². The minimum absolute atomic E-state index is 0.0412. The maximum atomic E-state index is 12.9. The molecule has 3 amide bonds. The number of likely N-dealkylation sites (tertiary alicyclic amines) is 1. The van der Waals surface area contributed by atoms with Crippen molar-refractivity contribution in [1.29, 1.82) is 0 Å². The Morgan fingerprint density at radius 2 is 1.92 bits per heavy atom. The van der Waals surface area contributed by atoms with Gasteiger partial charge in [-0.2, -0.15) is 0 Å². The van der Waals surface area contributed by atoms with E-state index in [4.69, 9.17) is 0 Å². The number of nitrogens with one attached hydrogen (secondary N) is 2. The van der Waals surface area contributed by atoms with Crippen LogP contribution in [-0.4, -0.2) is 41.2 Å². The minimum Gasteiger partial charge on any atom is -0.352 e. The number of benzene rings is 1. The van der Waals surface area contributed by atoms with E-state index >= 15 is 0 Å². The van der Waals surface area contributed by atoms with Crippen molar-refractivity contribution in [2.24, 2.45) is 5.92 Å². The molecule has 1 aliphatic heterocycles. The molecule has 1 aromatic rings. The van der Waals surface area contributed by atoms with Crippen molar-refractivity contribution in [2.45, 2.75) is 59.0 Å². The molecule has 2 rings (SSSR count). The Balaban J connectivity index is 2.10. The fourth-order valence-electron chi connectivity index (χ4n) is 3.14. The van der Waals surface area contributed by atoms with E-state index < -0.39 is 6.04 Å². The Bertz CT molecular complexity index is 670. The summed E-state index contributed by atoms with van der Waals surface area (Å²) >= 11 is 0. The Morgan fingerprint density at radius 3 is 2.58 bits per heavy atom. The Kier molecular flexibility index (Phi) is 6.77. The molecule has 1 saturated heterocycles. The second-order valence-electron chi connectivity index (χ2n) is 7.55. The van der Waals surface area contributed by atoms with Crippen LogP contribution < -0.4 is 10.6 Å². The van der Waals surface area contributed by atoms with E-state index in [1.165, 1.54) is 0 Å². The smallest absolute Gasteiger partial charge is 0.254 e. The van der Waals surface area contributed by atoms with Gasteiger partial charge in [-0.3, -0.25) is 14.4 Å². The lowest BCUT2D eigenvalue weighted by atomic mass is 10.1. The van der Waals surface area contributed by atoms with Crippen molar-refractivity contribution in [1.82, 2.24) is 10.2 Å². The summed E-state index contributed by atoms with van der Waals surface area (Å²) in [5.41, 5.74) is 1.08. The lowest BCUT2D eigenvalue weighted by Crippen LogP contribution is -2.47. The molecule has 6 heteroatoms. The van der Waals surface area contributed by atoms with Crippen LogP contribution in [0, 0.1) is 5.92 Å². The van der Waals surface area contributed by atoms with Gasteiger partial charge in [0.15, 0.2) is 0 Å². The minimum atomic E-state index is -0.427. The number of carbonyl (C=O) groups excluding carboxylic acids is 3. The first kappa shape index (κ1) is 19.9. The zero-order valence-electron chi connectivity index (χ0n) is 16.0. The maximum Gasteiger partial charge on any atom is 0.254 e. The first-order valence-electron chi connectivity index (χ1n) is 9.29. The quantitative estimate of drug-likeness (QED) is 0.820. The van der Waals surface area contributed by atoms with Crippen LogP contribution in [0.25, 0.3) is 0 Å². The third-order valence-electron chi connectivity index (χ3n) is 4.23. The largest absolute Gasteiger partial charge is 0.352 e. The highest BCUT2D eigenvalue weighted by Crippen LogP contribution is 2.22. The molecule has 0 aliphatic carbocycles. The van der Waals surface area contributed by atoms with E-state index in [0.29, 0.717) is 30.6 Å². The molecular formula is C20H29N3O3. The normalized spacial score (nSPS) is 16.8. The first-order valence-corrected chi connectivity index (χ1v) is 9.29. The van der Waals surface area contributed by atoms with Crippen LogP contribution >= 0.6 is 0 Å². The van der Waals surface area contributed by atoms with Crippen molar-refractivity contribution < 1.29 is 14.4 Å². The van der Waals surface area contributed by atoms with Crippen LogP contribution in [0.4, 0.5) is 5.69 Å². The van der Waals surface area contributed by atoms with Gasteiger partial charge < -0.3 is 15.5 Å². The zero-order valence-corrected chi connectivity index (χ0v) is 16.0. The molecule has 1 fully saturated rings. The van der Waals surface area contributed by atoms with Gasteiger partial charge >= 0.3 is 0 Å². The molecule has 0 aromatic heterocycles. The summed E-state index contributed by atoms with van der Waals surface area (Å²) in [6.45, 7) is 8.34. The molecule has 26 heavy (non-hydrogen) atoms. The van der Waals surface area contributed by atoms with Gasteiger partial charge in [0, 0.05) is 30.3 Å². The highest BCUT2D eigenvalue weighted by molar-refractivity contribution is 5.99. The number of hydrogen-bond donors (Lipinski definition) is 2. The fraction of sp³-hybridized carbons (Fsp3) is 0.550. The monoisotopic (exact) mass is 359 g/mol. The lowest BCUT2D eigenvalue weighted by molar-refractivity contribution is -0.125. The van der Waals surface area contributed by atoms with Gasteiger partial charge in [-0.05, 0) is 50.8 Å². The van der Waals surface area contributed by atoms with E-state index in [1.54, 1.807) is 29.2 Å². The fourth-order valence-corrected chi connectivity index (χ4v) is 3.14. The molecule has 1 atom stereocenters. The van der Waals surface area contributed by atoms with Crippen molar-refractivity contribution in [3.05, 3.63) is 29.8 Å². The van der Waals surface area contributed by atoms with Gasteiger partial charge in [0.1, 0.15) is 6.04 Å². The summed E-state index contributed by atoms with van der Waals surface area (Å²) in [6, 6.07) is 6.52. The average molecular weight is 359 g/mol. The second kappa shape index (κ2) is 8.83. The van der Waals surface area contributed by atoms with E-state index in [9.17, 15) is 14.4 Å². The summed E-state index contributed by atoms with van der Waals surface area (Å²) in [7, 11) is 0. The lowest BCUT2D eigenvalue weighted by Gasteiger charge is -2.25. The molecule has 0 saturated carbocycles. The molecular weight excluding hydrogens is 330 g/mol. The molecule has 142 valence electrons. The predicted molar refractivity (Wildman–Crippen MR) is 102 cm³/mol. The standard InChI is InChI=1S/C20H29N3O3/c1-13(2)11-18(24)22-16-8-5-7-15(12-16)20(26)23-10-6-9-17(23)19(25)21-14(3)4/h5,7-8,12-14,17H,6,9-11H2,1-4H3,(H,21,25)(H,22,24). The SMILES string of the molecule is CC(C)CC(=O)Nc1cccc(C(=O)N2CCCC2C(=O)NC(C)C)c1. The summed E-state index contributed by atoms with van der Waals surface area (Å²) in [5.74, 6) is -0.0804. The molecule has 0 spiro atoms. The Labute approximate surface area is 155 Å². The van der Waals surface area contributed by atoms with Gasteiger partial charge in [0.05, 0.1) is 0 Å². The van der Waals surface area contributed by atoms with Gasteiger partial charge in [-0.1, -0.05) is 19.9 Å².